The largest absolute Gasteiger partial charge is 0.143 e. The summed E-state index contributed by atoms with van der Waals surface area (Å²) in [6.45, 7) is 0. The third-order valence-electron chi connectivity index (χ3n) is 3.01. The van der Waals surface area contributed by atoms with Crippen molar-refractivity contribution in [3.8, 4) is 20.9 Å². The van der Waals surface area contributed by atoms with Gasteiger partial charge in [0.25, 0.3) is 0 Å². The summed E-state index contributed by atoms with van der Waals surface area (Å²) >= 11 is 14.6. The van der Waals surface area contributed by atoms with Gasteiger partial charge in [-0.15, -0.1) is 45.3 Å². The Hall–Kier alpha value is 0.0200. The average molecular weight is 462 g/mol. The molecule has 4 rings (SSSR count). The predicted octanol–water partition coefficient (Wildman–Crippen LogP) is 7.94. The molecule has 0 N–H and O–H groups in total. The number of fused-ring (bicyclic) bond motifs is 1. The van der Waals surface area contributed by atoms with Crippen LogP contribution in [0.5, 0.6) is 0 Å². The van der Waals surface area contributed by atoms with Crippen LogP contribution in [0.4, 0.5) is 0 Å². The molecule has 0 bridgehead atoms. The Morgan fingerprint density at radius 1 is 0.650 bits per heavy atom. The summed E-state index contributed by atoms with van der Waals surface area (Å²) in [5, 5.41) is 8.83. The minimum absolute atomic E-state index is 1.19. The maximum absolute atomic E-state index is 3.64. The Morgan fingerprint density at radius 2 is 1.10 bits per heavy atom. The van der Waals surface area contributed by atoms with Crippen LogP contribution in [-0.2, 0) is 0 Å². The zero-order valence-electron chi connectivity index (χ0n) is 9.85. The number of halogens is 2. The van der Waals surface area contributed by atoms with Crippen molar-refractivity contribution in [2.24, 2.45) is 0 Å². The number of hydrogen-bond donors (Lipinski definition) is 0. The van der Waals surface area contributed by atoms with Gasteiger partial charge < -0.3 is 0 Å². The molecule has 4 aromatic rings. The first-order valence-corrected chi connectivity index (χ1v) is 10.8. The van der Waals surface area contributed by atoms with Gasteiger partial charge in [0.1, 0.15) is 0 Å². The minimum atomic E-state index is 1.19. The second kappa shape index (κ2) is 5.34. The Morgan fingerprint density at radius 3 is 1.45 bits per heavy atom. The fourth-order valence-corrected chi connectivity index (χ4v) is 8.00. The highest BCUT2D eigenvalue weighted by Gasteiger charge is 2.17. The van der Waals surface area contributed by atoms with Crippen LogP contribution in [0.15, 0.2) is 42.6 Å². The number of hydrogen-bond acceptors (Lipinski definition) is 4. The highest BCUT2D eigenvalue weighted by molar-refractivity contribution is 9.11. The predicted molar refractivity (Wildman–Crippen MR) is 102 cm³/mol. The maximum atomic E-state index is 3.64. The normalized spacial score (nSPS) is 11.5. The minimum Gasteiger partial charge on any atom is -0.143 e. The summed E-state index contributed by atoms with van der Waals surface area (Å²) in [6, 6.07) is 4.24. The van der Waals surface area contributed by atoms with Crippen LogP contribution in [-0.4, -0.2) is 0 Å². The van der Waals surface area contributed by atoms with Gasteiger partial charge in [0.15, 0.2) is 0 Å². The molecule has 4 heterocycles. The molecule has 0 aromatic carbocycles. The van der Waals surface area contributed by atoms with E-state index in [0.717, 1.165) is 0 Å². The number of thiophene rings is 4. The summed E-state index contributed by atoms with van der Waals surface area (Å²) in [7, 11) is 0. The average Bonchev–Trinajstić information content (AvgIpc) is 3.14. The molecule has 100 valence electrons. The first kappa shape index (κ1) is 13.7. The molecule has 0 atom stereocenters. The summed E-state index contributed by atoms with van der Waals surface area (Å²) in [4.78, 5) is 2.66. The van der Waals surface area contributed by atoms with Crippen molar-refractivity contribution in [3.05, 3.63) is 42.6 Å². The molecule has 0 amide bonds. The Labute approximate surface area is 149 Å². The van der Waals surface area contributed by atoms with Crippen molar-refractivity contribution < 1.29 is 0 Å². The van der Waals surface area contributed by atoms with Gasteiger partial charge in [-0.1, -0.05) is 0 Å². The van der Waals surface area contributed by atoms with Crippen LogP contribution in [0.2, 0.25) is 0 Å². The summed E-state index contributed by atoms with van der Waals surface area (Å²) < 4.78 is 5.17. The van der Waals surface area contributed by atoms with Crippen molar-refractivity contribution >= 4 is 86.6 Å². The molecule has 6 heteroatoms. The molecular weight excluding hydrogens is 456 g/mol. The highest BCUT2D eigenvalue weighted by Crippen LogP contribution is 2.48. The van der Waals surface area contributed by atoms with E-state index >= 15 is 0 Å². The maximum Gasteiger partial charge on any atom is 0.0544 e. The molecule has 4 aromatic heterocycles. The monoisotopic (exact) mass is 460 g/mol. The first-order valence-electron chi connectivity index (χ1n) is 5.71. The fraction of sp³-hybridized carbons (Fsp3) is 0. The second-order valence-electron chi connectivity index (χ2n) is 4.15. The quantitative estimate of drug-likeness (QED) is 0.284. The lowest BCUT2D eigenvalue weighted by molar-refractivity contribution is 1.85. The van der Waals surface area contributed by atoms with E-state index in [-0.39, 0.29) is 0 Å². The van der Waals surface area contributed by atoms with Gasteiger partial charge in [0.05, 0.1) is 19.2 Å². The van der Waals surface area contributed by atoms with Crippen LogP contribution in [0.3, 0.4) is 0 Å². The van der Waals surface area contributed by atoms with Gasteiger partial charge in [-0.25, -0.2) is 0 Å². The standard InChI is InChI=1S/C14H6Br2S4/c15-9-1-3-17-11(9)7-5-19-14-8(6-20-13(7)14)12-10(16)2-4-18-12/h1-6H. The lowest BCUT2D eigenvalue weighted by Gasteiger charge is -1.94. The summed E-state index contributed by atoms with van der Waals surface area (Å²) in [5.41, 5.74) is 2.71. The topological polar surface area (TPSA) is 0 Å². The zero-order chi connectivity index (χ0) is 13.7. The molecule has 0 nitrogen and oxygen atoms in total. The Balaban J connectivity index is 1.95. The van der Waals surface area contributed by atoms with E-state index in [1.807, 2.05) is 22.7 Å². The zero-order valence-corrected chi connectivity index (χ0v) is 16.3. The highest BCUT2D eigenvalue weighted by atomic mass is 79.9. The van der Waals surface area contributed by atoms with Crippen molar-refractivity contribution in [3.63, 3.8) is 0 Å². The molecule has 0 fully saturated rings. The SMILES string of the molecule is Brc1ccsc1-c1csc2c(-c3sccc3Br)csc12. The van der Waals surface area contributed by atoms with Gasteiger partial charge in [-0.2, -0.15) is 0 Å². The smallest absolute Gasteiger partial charge is 0.0544 e. The van der Waals surface area contributed by atoms with Gasteiger partial charge in [0.2, 0.25) is 0 Å². The van der Waals surface area contributed by atoms with Crippen molar-refractivity contribution in [1.82, 2.24) is 0 Å². The summed E-state index contributed by atoms with van der Waals surface area (Å²) in [5.74, 6) is 0. The van der Waals surface area contributed by atoms with Crippen molar-refractivity contribution in [2.45, 2.75) is 0 Å². The van der Waals surface area contributed by atoms with E-state index in [4.69, 9.17) is 0 Å². The lowest BCUT2D eigenvalue weighted by atomic mass is 10.2. The van der Waals surface area contributed by atoms with Gasteiger partial charge >= 0.3 is 0 Å². The van der Waals surface area contributed by atoms with E-state index in [0.29, 0.717) is 0 Å². The van der Waals surface area contributed by atoms with Crippen LogP contribution >= 0.6 is 77.2 Å². The molecule has 0 radical (unpaired) electrons. The van der Waals surface area contributed by atoms with Crippen LogP contribution in [0, 0.1) is 0 Å². The van der Waals surface area contributed by atoms with Gasteiger partial charge in [-0.05, 0) is 54.8 Å². The third kappa shape index (κ3) is 2.09. The van der Waals surface area contributed by atoms with E-state index in [9.17, 15) is 0 Å². The molecule has 0 aliphatic carbocycles. The third-order valence-corrected chi connectivity index (χ3v) is 8.91. The molecule has 0 aliphatic rings. The molecular formula is C14H6Br2S4. The van der Waals surface area contributed by atoms with E-state index in [2.05, 4.69) is 65.5 Å². The molecule has 0 aliphatic heterocycles. The van der Waals surface area contributed by atoms with E-state index in [1.54, 1.807) is 22.7 Å². The van der Waals surface area contributed by atoms with Gasteiger partial charge in [0, 0.05) is 30.8 Å². The van der Waals surface area contributed by atoms with Crippen molar-refractivity contribution in [2.75, 3.05) is 0 Å². The van der Waals surface area contributed by atoms with E-state index in [1.165, 1.54) is 39.2 Å². The molecule has 0 spiro atoms. The second-order valence-corrected chi connectivity index (χ2v) is 9.45. The molecule has 0 saturated carbocycles. The van der Waals surface area contributed by atoms with E-state index < -0.39 is 0 Å². The van der Waals surface area contributed by atoms with Crippen LogP contribution in [0.25, 0.3) is 30.3 Å². The lowest BCUT2D eigenvalue weighted by Crippen LogP contribution is -1.67. The van der Waals surface area contributed by atoms with Crippen LogP contribution < -0.4 is 0 Å². The Bertz CT molecular complexity index is 819. The Kier molecular flexibility index (Phi) is 3.65. The van der Waals surface area contributed by atoms with Crippen LogP contribution in [0.1, 0.15) is 0 Å². The van der Waals surface area contributed by atoms with Gasteiger partial charge in [-0.3, -0.25) is 0 Å². The summed E-state index contributed by atoms with van der Waals surface area (Å²) in [6.07, 6.45) is 0. The number of rotatable bonds is 2. The van der Waals surface area contributed by atoms with Crippen molar-refractivity contribution in [1.29, 1.82) is 0 Å². The molecule has 0 unspecified atom stereocenters. The molecule has 0 saturated heterocycles. The first-order chi connectivity index (χ1) is 9.75. The molecule has 20 heavy (non-hydrogen) atoms. The fourth-order valence-electron chi connectivity index (χ4n) is 2.11.